The minimum atomic E-state index is -3.67. The molecule has 4 rings (SSSR count). The number of benzene rings is 2. The Hall–Kier alpha value is -3.24. The van der Waals surface area contributed by atoms with Crippen LogP contribution in [0.25, 0.3) is 0 Å². The number of piperidine rings is 1. The van der Waals surface area contributed by atoms with Gasteiger partial charge in [0.2, 0.25) is 21.8 Å². The molecule has 35 heavy (non-hydrogen) atoms. The first-order valence-corrected chi connectivity index (χ1v) is 13.4. The Bertz CT molecular complexity index is 1240. The topological polar surface area (TPSA) is 115 Å². The van der Waals surface area contributed by atoms with Crippen molar-refractivity contribution in [3.63, 3.8) is 0 Å². The van der Waals surface area contributed by atoms with E-state index in [0.717, 1.165) is 25.7 Å². The van der Waals surface area contributed by atoms with Crippen LogP contribution in [-0.4, -0.2) is 41.9 Å². The van der Waals surface area contributed by atoms with Crippen molar-refractivity contribution in [2.45, 2.75) is 56.8 Å². The van der Waals surface area contributed by atoms with Crippen molar-refractivity contribution in [2.24, 2.45) is 0 Å². The summed E-state index contributed by atoms with van der Waals surface area (Å²) in [6, 6.07) is 13.7. The van der Waals surface area contributed by atoms with Gasteiger partial charge in [-0.05, 0) is 49.6 Å². The second-order valence-electron chi connectivity index (χ2n) is 8.44. The fraction of sp³-hybridized carbons (Fsp3) is 0.400. The molecule has 1 fully saturated rings. The molecule has 0 spiro atoms. The summed E-state index contributed by atoms with van der Waals surface area (Å²) in [6.07, 6.45) is 4.71. The van der Waals surface area contributed by atoms with Gasteiger partial charge in [-0.25, -0.2) is 8.42 Å². The third kappa shape index (κ3) is 6.46. The number of aromatic nitrogens is 2. The molecule has 0 saturated carbocycles. The quantitative estimate of drug-likeness (QED) is 0.436. The standard InChI is InChI=1S/C25H30N4O5S/c1-2-9-23-27-25(34-28-23)15-14-24(30)26-21-18-20(35(31,32)29-16-7-4-8-17-29)12-13-22(21)33-19-10-5-3-6-11-19/h3,5-6,10-13,18H,2,4,7-9,14-17H2,1H3,(H,26,30). The lowest BCUT2D eigenvalue weighted by Gasteiger charge is -2.26. The van der Waals surface area contributed by atoms with E-state index in [4.69, 9.17) is 9.26 Å². The van der Waals surface area contributed by atoms with E-state index >= 15 is 0 Å². The molecule has 1 aliphatic heterocycles. The van der Waals surface area contributed by atoms with E-state index in [-0.39, 0.29) is 29.3 Å². The van der Waals surface area contributed by atoms with Crippen LogP contribution in [0.1, 0.15) is 50.7 Å². The van der Waals surface area contributed by atoms with E-state index in [0.29, 0.717) is 42.7 Å². The number of para-hydroxylation sites is 1. The molecule has 0 atom stereocenters. The van der Waals surface area contributed by atoms with Gasteiger partial charge in [0.25, 0.3) is 0 Å². The number of carbonyl (C=O) groups is 1. The molecule has 1 saturated heterocycles. The monoisotopic (exact) mass is 498 g/mol. The Kier molecular flexibility index (Phi) is 8.14. The van der Waals surface area contributed by atoms with E-state index in [1.54, 1.807) is 18.2 Å². The van der Waals surface area contributed by atoms with Crippen LogP contribution < -0.4 is 10.1 Å². The zero-order chi connectivity index (χ0) is 24.7. The van der Waals surface area contributed by atoms with Crippen molar-refractivity contribution in [1.29, 1.82) is 0 Å². The van der Waals surface area contributed by atoms with Crippen molar-refractivity contribution < 1.29 is 22.5 Å². The van der Waals surface area contributed by atoms with E-state index in [1.165, 1.54) is 16.4 Å². The molecule has 3 aromatic rings. The minimum Gasteiger partial charge on any atom is -0.455 e. The molecule has 1 N–H and O–H groups in total. The Morgan fingerprint density at radius 1 is 1.09 bits per heavy atom. The van der Waals surface area contributed by atoms with Gasteiger partial charge in [0, 0.05) is 32.4 Å². The van der Waals surface area contributed by atoms with Gasteiger partial charge >= 0.3 is 0 Å². The number of aryl methyl sites for hydroxylation is 2. The summed E-state index contributed by atoms with van der Waals surface area (Å²) in [5.41, 5.74) is 0.286. The number of rotatable bonds is 10. The van der Waals surface area contributed by atoms with E-state index in [2.05, 4.69) is 15.5 Å². The average molecular weight is 499 g/mol. The van der Waals surface area contributed by atoms with Crippen molar-refractivity contribution in [1.82, 2.24) is 14.4 Å². The van der Waals surface area contributed by atoms with Gasteiger partial charge < -0.3 is 14.6 Å². The molecule has 186 valence electrons. The van der Waals surface area contributed by atoms with Gasteiger partial charge in [0.1, 0.15) is 5.75 Å². The first-order valence-electron chi connectivity index (χ1n) is 11.9. The highest BCUT2D eigenvalue weighted by molar-refractivity contribution is 7.89. The summed E-state index contributed by atoms with van der Waals surface area (Å²) in [4.78, 5) is 17.2. The number of sulfonamides is 1. The maximum Gasteiger partial charge on any atom is 0.243 e. The zero-order valence-electron chi connectivity index (χ0n) is 19.8. The average Bonchev–Trinajstić information content (AvgIpc) is 3.32. The normalized spacial score (nSPS) is 14.5. The first kappa shape index (κ1) is 24.9. The van der Waals surface area contributed by atoms with Gasteiger partial charge in [-0.15, -0.1) is 0 Å². The van der Waals surface area contributed by atoms with Crippen LogP contribution in [0.4, 0.5) is 5.69 Å². The number of hydrogen-bond donors (Lipinski definition) is 1. The zero-order valence-corrected chi connectivity index (χ0v) is 20.6. The van der Waals surface area contributed by atoms with Crippen LogP contribution in [0.15, 0.2) is 57.9 Å². The van der Waals surface area contributed by atoms with Crippen molar-refractivity contribution in [3.8, 4) is 11.5 Å². The van der Waals surface area contributed by atoms with Crippen molar-refractivity contribution in [3.05, 3.63) is 60.2 Å². The van der Waals surface area contributed by atoms with E-state index < -0.39 is 10.0 Å². The minimum absolute atomic E-state index is 0.0988. The molecule has 0 aliphatic carbocycles. The van der Waals surface area contributed by atoms with Crippen LogP contribution in [0.5, 0.6) is 11.5 Å². The van der Waals surface area contributed by atoms with Crippen LogP contribution >= 0.6 is 0 Å². The second-order valence-corrected chi connectivity index (χ2v) is 10.4. The lowest BCUT2D eigenvalue weighted by atomic mass is 10.2. The molecule has 1 aromatic heterocycles. The number of anilines is 1. The van der Waals surface area contributed by atoms with E-state index in [9.17, 15) is 13.2 Å². The molecule has 9 nitrogen and oxygen atoms in total. The van der Waals surface area contributed by atoms with Crippen molar-refractivity contribution in [2.75, 3.05) is 18.4 Å². The summed E-state index contributed by atoms with van der Waals surface area (Å²) in [6.45, 7) is 3.02. The van der Waals surface area contributed by atoms with Gasteiger partial charge in [0.05, 0.1) is 10.6 Å². The molecule has 2 heterocycles. The lowest BCUT2D eigenvalue weighted by Crippen LogP contribution is -2.35. The molecule has 2 aromatic carbocycles. The lowest BCUT2D eigenvalue weighted by molar-refractivity contribution is -0.116. The Labute approximate surface area is 205 Å². The smallest absolute Gasteiger partial charge is 0.243 e. The summed E-state index contributed by atoms with van der Waals surface area (Å²) in [5.74, 6) is 1.63. The summed E-state index contributed by atoms with van der Waals surface area (Å²) in [7, 11) is -3.67. The summed E-state index contributed by atoms with van der Waals surface area (Å²) < 4.78 is 39.1. The van der Waals surface area contributed by atoms with Crippen LogP contribution in [0.2, 0.25) is 0 Å². The molecule has 0 unspecified atom stereocenters. The number of ether oxygens (including phenoxy) is 1. The van der Waals surface area contributed by atoms with Crippen LogP contribution in [0.3, 0.4) is 0 Å². The highest BCUT2D eigenvalue weighted by Gasteiger charge is 2.27. The SMILES string of the molecule is CCCc1noc(CCC(=O)Nc2cc(S(=O)(=O)N3CCCCC3)ccc2Oc2ccccc2)n1. The highest BCUT2D eigenvalue weighted by Crippen LogP contribution is 2.33. The molecule has 0 radical (unpaired) electrons. The van der Waals surface area contributed by atoms with Crippen LogP contribution in [-0.2, 0) is 27.7 Å². The highest BCUT2D eigenvalue weighted by atomic mass is 32.2. The maximum atomic E-state index is 13.2. The Balaban J connectivity index is 1.53. The first-order chi connectivity index (χ1) is 17.0. The number of nitrogens with zero attached hydrogens (tertiary/aromatic N) is 3. The number of hydrogen-bond acceptors (Lipinski definition) is 7. The largest absolute Gasteiger partial charge is 0.455 e. The number of amides is 1. The summed E-state index contributed by atoms with van der Waals surface area (Å²) >= 11 is 0. The number of carbonyl (C=O) groups excluding carboxylic acids is 1. The predicted octanol–water partition coefficient (Wildman–Crippen LogP) is 4.56. The summed E-state index contributed by atoms with van der Waals surface area (Å²) in [5, 5.41) is 6.71. The Morgan fingerprint density at radius 2 is 1.86 bits per heavy atom. The van der Waals surface area contributed by atoms with Crippen LogP contribution in [0, 0.1) is 0 Å². The third-order valence-corrected chi connectivity index (χ3v) is 7.59. The van der Waals surface area contributed by atoms with Crippen molar-refractivity contribution >= 4 is 21.6 Å². The predicted molar refractivity (Wildman–Crippen MR) is 131 cm³/mol. The molecular formula is C25H30N4O5S. The number of nitrogens with one attached hydrogen (secondary N) is 1. The Morgan fingerprint density at radius 3 is 2.60 bits per heavy atom. The molecule has 1 aliphatic rings. The molecule has 0 bridgehead atoms. The van der Waals surface area contributed by atoms with Gasteiger partial charge in [-0.2, -0.15) is 9.29 Å². The van der Waals surface area contributed by atoms with Gasteiger partial charge in [-0.3, -0.25) is 4.79 Å². The van der Waals surface area contributed by atoms with E-state index in [1.807, 2.05) is 25.1 Å². The second kappa shape index (κ2) is 11.5. The molecule has 10 heteroatoms. The third-order valence-electron chi connectivity index (χ3n) is 5.70. The van der Waals surface area contributed by atoms with Gasteiger partial charge in [0.15, 0.2) is 11.6 Å². The molecular weight excluding hydrogens is 468 g/mol. The fourth-order valence-electron chi connectivity index (χ4n) is 3.88. The maximum absolute atomic E-state index is 13.2. The molecule has 1 amide bonds. The van der Waals surface area contributed by atoms with Gasteiger partial charge in [-0.1, -0.05) is 36.7 Å². The fourth-order valence-corrected chi connectivity index (χ4v) is 5.42.